The maximum Gasteiger partial charge on any atom is 0.253 e. The van der Waals surface area contributed by atoms with E-state index in [0.29, 0.717) is 17.7 Å². The normalized spacial score (nSPS) is 9.16. The molecule has 19 heavy (non-hydrogen) atoms. The van der Waals surface area contributed by atoms with Crippen LogP contribution in [0.15, 0.2) is 18.5 Å². The van der Waals surface area contributed by atoms with E-state index in [1.807, 2.05) is 0 Å². The van der Waals surface area contributed by atoms with Crippen molar-refractivity contribution in [3.05, 3.63) is 29.6 Å². The zero-order chi connectivity index (χ0) is 14.1. The largest absolute Gasteiger partial charge is 0.384 e. The van der Waals surface area contributed by atoms with Crippen LogP contribution in [0.3, 0.4) is 0 Å². The lowest BCUT2D eigenvalue weighted by molar-refractivity contribution is -0.120. The first-order valence-electron chi connectivity index (χ1n) is 5.77. The molecule has 0 aliphatic rings. The average Bonchev–Trinajstić information content (AvgIpc) is 2.43. The van der Waals surface area contributed by atoms with E-state index >= 15 is 0 Å². The minimum Gasteiger partial charge on any atom is -0.384 e. The van der Waals surface area contributed by atoms with Crippen molar-refractivity contribution >= 4 is 11.8 Å². The van der Waals surface area contributed by atoms with Crippen molar-refractivity contribution in [1.29, 1.82) is 0 Å². The third kappa shape index (κ3) is 5.19. The summed E-state index contributed by atoms with van der Waals surface area (Å²) >= 11 is 0. The van der Waals surface area contributed by atoms with E-state index in [-0.39, 0.29) is 19.1 Å². The van der Waals surface area contributed by atoms with Gasteiger partial charge in [0.25, 0.3) is 5.91 Å². The Hall–Kier alpha value is -2.39. The molecule has 0 spiro atoms. The molecule has 0 fully saturated rings. The van der Waals surface area contributed by atoms with Crippen molar-refractivity contribution in [2.45, 2.75) is 6.92 Å². The van der Waals surface area contributed by atoms with E-state index in [9.17, 15) is 9.59 Å². The lowest BCUT2D eigenvalue weighted by Gasteiger charge is -2.05. The molecule has 0 aliphatic carbocycles. The van der Waals surface area contributed by atoms with Crippen LogP contribution < -0.4 is 10.6 Å². The van der Waals surface area contributed by atoms with Gasteiger partial charge < -0.3 is 15.7 Å². The van der Waals surface area contributed by atoms with Gasteiger partial charge in [0.2, 0.25) is 5.91 Å². The Morgan fingerprint density at radius 2 is 2.16 bits per heavy atom. The van der Waals surface area contributed by atoms with E-state index in [4.69, 9.17) is 5.11 Å². The predicted octanol–water partition coefficient (Wildman–Crippen LogP) is -0.709. The van der Waals surface area contributed by atoms with Crippen LogP contribution in [0.2, 0.25) is 0 Å². The van der Waals surface area contributed by atoms with Gasteiger partial charge in [-0.05, 0) is 13.0 Å². The van der Waals surface area contributed by atoms with Gasteiger partial charge in [-0.3, -0.25) is 14.6 Å². The topological polar surface area (TPSA) is 91.3 Å². The molecule has 0 bridgehead atoms. The summed E-state index contributed by atoms with van der Waals surface area (Å²) in [5.41, 5.74) is 0.841. The van der Waals surface area contributed by atoms with Gasteiger partial charge in [0, 0.05) is 24.5 Å². The molecule has 0 unspecified atom stereocenters. The summed E-state index contributed by atoms with van der Waals surface area (Å²) in [6.45, 7) is 1.97. The molecule has 6 heteroatoms. The maximum atomic E-state index is 11.8. The average molecular weight is 261 g/mol. The molecule has 1 heterocycles. The number of amides is 2. The molecule has 1 rings (SSSR count). The lowest BCUT2D eigenvalue weighted by Crippen LogP contribution is -2.36. The van der Waals surface area contributed by atoms with E-state index in [2.05, 4.69) is 27.5 Å². The first-order chi connectivity index (χ1) is 9.17. The van der Waals surface area contributed by atoms with Gasteiger partial charge in [0.1, 0.15) is 6.61 Å². The second-order valence-electron chi connectivity index (χ2n) is 3.56. The second-order valence-corrected chi connectivity index (χ2v) is 3.56. The smallest absolute Gasteiger partial charge is 0.253 e. The number of nitrogens with one attached hydrogen (secondary N) is 2. The predicted molar refractivity (Wildman–Crippen MR) is 69.2 cm³/mol. The van der Waals surface area contributed by atoms with Crippen LogP contribution >= 0.6 is 0 Å². The van der Waals surface area contributed by atoms with Gasteiger partial charge in [-0.25, -0.2) is 0 Å². The molecule has 0 atom stereocenters. The summed E-state index contributed by atoms with van der Waals surface area (Å²) in [5.74, 6) is 4.47. The summed E-state index contributed by atoms with van der Waals surface area (Å²) in [6.07, 6.45) is 2.88. The molecule has 3 N–H and O–H groups in total. The number of rotatable bonds is 4. The maximum absolute atomic E-state index is 11.8. The number of likely N-dealkylation sites (N-methyl/N-ethyl adjacent to an activating group) is 1. The number of nitrogens with zero attached hydrogens (tertiary/aromatic N) is 1. The summed E-state index contributed by atoms with van der Waals surface area (Å²) in [7, 11) is 0. The zero-order valence-electron chi connectivity index (χ0n) is 10.6. The Bertz CT molecular complexity index is 517. The zero-order valence-corrected chi connectivity index (χ0v) is 10.6. The fourth-order valence-corrected chi connectivity index (χ4v) is 1.30. The van der Waals surface area contributed by atoms with Gasteiger partial charge >= 0.3 is 0 Å². The van der Waals surface area contributed by atoms with Gasteiger partial charge in [-0.1, -0.05) is 11.8 Å². The van der Waals surface area contributed by atoms with Crippen molar-refractivity contribution in [1.82, 2.24) is 15.6 Å². The van der Waals surface area contributed by atoms with Crippen LogP contribution in [-0.4, -0.2) is 41.6 Å². The van der Waals surface area contributed by atoms with Crippen LogP contribution in [0.4, 0.5) is 0 Å². The Balaban J connectivity index is 2.64. The van der Waals surface area contributed by atoms with Crippen LogP contribution in [0, 0.1) is 11.8 Å². The highest BCUT2D eigenvalue weighted by atomic mass is 16.2. The highest BCUT2D eigenvalue weighted by molar-refractivity contribution is 5.96. The van der Waals surface area contributed by atoms with Gasteiger partial charge in [0.05, 0.1) is 12.1 Å². The Morgan fingerprint density at radius 3 is 2.84 bits per heavy atom. The number of carbonyl (C=O) groups is 2. The van der Waals surface area contributed by atoms with Gasteiger partial charge in [0.15, 0.2) is 0 Å². The number of hydrogen-bond acceptors (Lipinski definition) is 4. The molecule has 0 saturated carbocycles. The fraction of sp³-hybridized carbons (Fsp3) is 0.308. The molecular weight excluding hydrogens is 246 g/mol. The molecule has 0 aliphatic heterocycles. The van der Waals surface area contributed by atoms with Crippen molar-refractivity contribution in [3.63, 3.8) is 0 Å². The fourth-order valence-electron chi connectivity index (χ4n) is 1.30. The second kappa shape index (κ2) is 7.84. The van der Waals surface area contributed by atoms with E-state index < -0.39 is 5.91 Å². The number of aliphatic hydroxyl groups excluding tert-OH is 1. The molecule has 2 amide bonds. The lowest BCUT2D eigenvalue weighted by atomic mass is 10.2. The highest BCUT2D eigenvalue weighted by Crippen LogP contribution is 2.01. The van der Waals surface area contributed by atoms with Crippen LogP contribution in [-0.2, 0) is 4.79 Å². The molecule has 6 nitrogen and oxygen atoms in total. The van der Waals surface area contributed by atoms with Crippen LogP contribution in [0.5, 0.6) is 0 Å². The quantitative estimate of drug-likeness (QED) is 0.624. The minimum atomic E-state index is -0.397. The Kier molecular flexibility index (Phi) is 6.06. The van der Waals surface area contributed by atoms with E-state index in [1.165, 1.54) is 12.4 Å². The highest BCUT2D eigenvalue weighted by Gasteiger charge is 2.08. The molecule has 0 radical (unpaired) electrons. The van der Waals surface area contributed by atoms with Gasteiger partial charge in [-0.2, -0.15) is 0 Å². The van der Waals surface area contributed by atoms with Crippen molar-refractivity contribution < 1.29 is 14.7 Å². The molecular formula is C13H15N3O3. The summed E-state index contributed by atoms with van der Waals surface area (Å²) in [6, 6.07) is 1.54. The molecule has 1 aromatic rings. The third-order valence-electron chi connectivity index (χ3n) is 2.10. The Morgan fingerprint density at radius 1 is 1.37 bits per heavy atom. The van der Waals surface area contributed by atoms with Crippen LogP contribution in [0.1, 0.15) is 22.8 Å². The van der Waals surface area contributed by atoms with E-state index in [1.54, 1.807) is 13.0 Å². The first kappa shape index (κ1) is 14.7. The summed E-state index contributed by atoms with van der Waals surface area (Å²) in [5, 5.41) is 13.6. The van der Waals surface area contributed by atoms with Crippen molar-refractivity contribution in [3.8, 4) is 11.8 Å². The standard InChI is InChI=1S/C13H15N3O3/c1-2-15-12(18)9-16-13(19)11-6-10(4-3-5-17)7-14-8-11/h6-8,17H,2,5,9H2,1H3,(H,15,18)(H,16,19). The minimum absolute atomic E-state index is 0.0841. The summed E-state index contributed by atoms with van der Waals surface area (Å²) in [4.78, 5) is 26.8. The summed E-state index contributed by atoms with van der Waals surface area (Å²) < 4.78 is 0. The number of aliphatic hydroxyl groups is 1. The van der Waals surface area contributed by atoms with Gasteiger partial charge in [-0.15, -0.1) is 0 Å². The number of hydrogen-bond donors (Lipinski definition) is 3. The monoisotopic (exact) mass is 261 g/mol. The first-order valence-corrected chi connectivity index (χ1v) is 5.77. The van der Waals surface area contributed by atoms with E-state index in [0.717, 1.165) is 0 Å². The molecule has 100 valence electrons. The number of carbonyl (C=O) groups excluding carboxylic acids is 2. The molecule has 0 saturated heterocycles. The number of aromatic nitrogens is 1. The molecule has 0 aromatic carbocycles. The Labute approximate surface area is 111 Å². The van der Waals surface area contributed by atoms with Crippen LogP contribution in [0.25, 0.3) is 0 Å². The SMILES string of the molecule is CCNC(=O)CNC(=O)c1cncc(C#CCO)c1. The van der Waals surface area contributed by atoms with Crippen molar-refractivity contribution in [2.75, 3.05) is 19.7 Å². The van der Waals surface area contributed by atoms with Crippen molar-refractivity contribution in [2.24, 2.45) is 0 Å². The molecule has 1 aromatic heterocycles. The number of pyridine rings is 1. The third-order valence-corrected chi connectivity index (χ3v) is 2.10.